The quantitative estimate of drug-likeness (QED) is 0.233. The Morgan fingerprint density at radius 2 is 1.97 bits per heavy atom. The number of nitro groups is 1. The fraction of sp³-hybridized carbons (Fsp3) is 0.433. The van der Waals surface area contributed by atoms with Crippen molar-refractivity contribution in [3.63, 3.8) is 0 Å². The number of non-ortho nitro benzene ring substituents is 1. The number of benzene rings is 2. The largest absolute Gasteiger partial charge is 0.497 e. The predicted octanol–water partition coefficient (Wildman–Crippen LogP) is 6.03. The van der Waals surface area contributed by atoms with Crippen LogP contribution in [0.4, 0.5) is 5.69 Å². The normalized spacial score (nSPS) is 28.4. The zero-order chi connectivity index (χ0) is 25.7. The van der Waals surface area contributed by atoms with E-state index < -0.39 is 10.5 Å². The van der Waals surface area contributed by atoms with Gasteiger partial charge in [0.05, 0.1) is 12.0 Å². The molecule has 0 unspecified atom stereocenters. The Morgan fingerprint density at radius 1 is 1.22 bits per heavy atom. The first-order valence-electron chi connectivity index (χ1n) is 12.7. The monoisotopic (exact) mass is 487 g/mol. The van der Waals surface area contributed by atoms with E-state index in [1.54, 1.807) is 32.2 Å². The van der Waals surface area contributed by atoms with Crippen LogP contribution in [0.15, 0.2) is 60.2 Å². The average Bonchev–Trinajstić information content (AvgIpc) is 3.24. The van der Waals surface area contributed by atoms with Crippen molar-refractivity contribution in [2.75, 3.05) is 7.11 Å². The maximum Gasteiger partial charge on any atom is 0.269 e. The molecule has 0 aromatic heterocycles. The first kappa shape index (κ1) is 24.4. The molecule has 0 spiro atoms. The van der Waals surface area contributed by atoms with E-state index in [1.165, 1.54) is 29.3 Å². The number of rotatable bonds is 6. The third-order valence-corrected chi connectivity index (χ3v) is 9.05. The number of aryl methyl sites for hydroxylation is 1. The molecule has 3 aliphatic rings. The number of fused-ring (bicyclic) bond motifs is 5. The second-order valence-electron chi connectivity index (χ2n) is 10.9. The minimum absolute atomic E-state index is 0.000581. The van der Waals surface area contributed by atoms with Crippen molar-refractivity contribution in [3.8, 4) is 5.75 Å². The summed E-state index contributed by atoms with van der Waals surface area (Å²) in [5.41, 5.74) is 2.55. The lowest BCUT2D eigenvalue weighted by molar-refractivity contribution is -0.384. The Labute approximate surface area is 211 Å². The van der Waals surface area contributed by atoms with Gasteiger partial charge < -0.3 is 9.84 Å². The Balaban J connectivity index is 1.34. The second kappa shape index (κ2) is 9.00. The molecule has 188 valence electrons. The minimum atomic E-state index is -1.59. The summed E-state index contributed by atoms with van der Waals surface area (Å²) in [6, 6.07) is 12.5. The van der Waals surface area contributed by atoms with E-state index in [4.69, 9.17) is 4.74 Å². The lowest BCUT2D eigenvalue weighted by Crippen LogP contribution is -2.47. The minimum Gasteiger partial charge on any atom is -0.497 e. The van der Waals surface area contributed by atoms with E-state index in [2.05, 4.69) is 31.2 Å². The molecule has 1 fully saturated rings. The lowest BCUT2D eigenvalue weighted by Gasteiger charge is -2.51. The van der Waals surface area contributed by atoms with Crippen molar-refractivity contribution in [1.29, 1.82) is 0 Å². The fourth-order valence-electron chi connectivity index (χ4n) is 7.18. The van der Waals surface area contributed by atoms with Gasteiger partial charge in [-0.05, 0) is 115 Å². The van der Waals surface area contributed by atoms with Gasteiger partial charge >= 0.3 is 0 Å². The zero-order valence-electron chi connectivity index (χ0n) is 21.1. The van der Waals surface area contributed by atoms with Gasteiger partial charge in [-0.1, -0.05) is 25.1 Å². The number of nitrogens with zero attached hydrogens (tertiary/aromatic N) is 1. The van der Waals surface area contributed by atoms with Gasteiger partial charge in [-0.25, -0.2) is 0 Å². The van der Waals surface area contributed by atoms with Crippen LogP contribution in [-0.4, -0.2) is 28.5 Å². The Kier molecular flexibility index (Phi) is 6.11. The highest BCUT2D eigenvalue weighted by Gasteiger charge is 2.56. The van der Waals surface area contributed by atoms with Crippen molar-refractivity contribution >= 4 is 17.5 Å². The molecule has 0 amide bonds. The number of ether oxygens (including phenoxy) is 1. The molecule has 1 N–H and O–H groups in total. The van der Waals surface area contributed by atoms with Gasteiger partial charge in [0.2, 0.25) is 0 Å². The molecule has 5 rings (SSSR count). The molecule has 3 aliphatic carbocycles. The summed E-state index contributed by atoms with van der Waals surface area (Å²) in [4.78, 5) is 23.6. The highest BCUT2D eigenvalue weighted by Crippen LogP contribution is 2.62. The van der Waals surface area contributed by atoms with Crippen molar-refractivity contribution in [1.82, 2.24) is 0 Å². The molecule has 1 saturated carbocycles. The Morgan fingerprint density at radius 3 is 2.67 bits per heavy atom. The van der Waals surface area contributed by atoms with E-state index in [9.17, 15) is 20.0 Å². The second-order valence-corrected chi connectivity index (χ2v) is 10.9. The molecule has 6 heteroatoms. The predicted molar refractivity (Wildman–Crippen MR) is 139 cm³/mol. The molecule has 2 aromatic rings. The van der Waals surface area contributed by atoms with Crippen LogP contribution in [0.5, 0.6) is 5.75 Å². The summed E-state index contributed by atoms with van der Waals surface area (Å²) in [6.45, 7) is 3.85. The van der Waals surface area contributed by atoms with Crippen LogP contribution in [-0.2, 0) is 11.2 Å². The van der Waals surface area contributed by atoms with Crippen LogP contribution in [0.25, 0.3) is 6.08 Å². The number of methoxy groups -OCH3 is 1. The highest BCUT2D eigenvalue weighted by atomic mass is 16.6. The molecule has 0 saturated heterocycles. The van der Waals surface area contributed by atoms with Gasteiger partial charge in [-0.15, -0.1) is 0 Å². The molecule has 0 heterocycles. The number of hydrogen-bond donors (Lipinski definition) is 1. The van der Waals surface area contributed by atoms with Gasteiger partial charge in [-0.3, -0.25) is 14.9 Å². The van der Waals surface area contributed by atoms with E-state index in [0.717, 1.165) is 43.4 Å². The van der Waals surface area contributed by atoms with Gasteiger partial charge in [0, 0.05) is 12.1 Å². The molecule has 0 radical (unpaired) electrons. The van der Waals surface area contributed by atoms with Crippen molar-refractivity contribution in [3.05, 3.63) is 87.0 Å². The third-order valence-electron chi connectivity index (χ3n) is 9.05. The molecular weight excluding hydrogens is 454 g/mol. The summed E-state index contributed by atoms with van der Waals surface area (Å²) in [6.07, 6.45) is 10.1. The maximum absolute atomic E-state index is 13.2. The van der Waals surface area contributed by atoms with Crippen LogP contribution < -0.4 is 4.74 Å². The first-order chi connectivity index (χ1) is 17.1. The molecule has 0 aliphatic heterocycles. The summed E-state index contributed by atoms with van der Waals surface area (Å²) >= 11 is 0. The van der Waals surface area contributed by atoms with Gasteiger partial charge in [-0.2, -0.15) is 0 Å². The van der Waals surface area contributed by atoms with Gasteiger partial charge in [0.15, 0.2) is 5.78 Å². The number of carbonyl (C=O) groups excluding carboxylic acids is 1. The van der Waals surface area contributed by atoms with Gasteiger partial charge in [0.1, 0.15) is 11.4 Å². The number of nitro benzene ring substituents is 1. The number of ketones is 1. The summed E-state index contributed by atoms with van der Waals surface area (Å²) < 4.78 is 5.44. The number of aliphatic hydroxyl groups is 1. The topological polar surface area (TPSA) is 89.7 Å². The Hall–Kier alpha value is -3.25. The molecular formula is C30H33NO5. The fourth-order valence-corrected chi connectivity index (χ4v) is 7.18. The maximum atomic E-state index is 13.2. The molecule has 6 nitrogen and oxygen atoms in total. The molecule has 2 aromatic carbocycles. The van der Waals surface area contributed by atoms with Crippen molar-refractivity contribution in [2.24, 2.45) is 17.3 Å². The van der Waals surface area contributed by atoms with Crippen LogP contribution in [0.3, 0.4) is 0 Å². The summed E-state index contributed by atoms with van der Waals surface area (Å²) in [7, 11) is 1.71. The molecule has 0 bridgehead atoms. The van der Waals surface area contributed by atoms with E-state index in [0.29, 0.717) is 23.3 Å². The standard InChI is InChI=1S/C30H33NO5/c1-29-17-16-24-23-12-10-22(36-3)18-20(23)7-11-25(24)26(29)13-14-27(29)30(2,33)28(32)15-6-19-4-8-21(9-5-19)31(34)35/h4-6,8-10,12,14-15,18,24-26,33H,7,11,13,16-17H2,1-3H3/b15-6+/t24-,25-,26+,29+,30-/m1/s1. The SMILES string of the molecule is COc1ccc2c(c1)CC[C@@H]1[C@@H]2CC[C@]2(C)C([C@@](C)(O)C(=O)/C=C/c3ccc([N+](=O)[O-])cc3)=CC[C@@H]12. The summed E-state index contributed by atoms with van der Waals surface area (Å²) in [5, 5.41) is 22.4. The van der Waals surface area contributed by atoms with Crippen LogP contribution in [0.2, 0.25) is 0 Å². The van der Waals surface area contributed by atoms with E-state index in [1.807, 2.05) is 0 Å². The van der Waals surface area contributed by atoms with Crippen molar-refractivity contribution in [2.45, 2.75) is 57.5 Å². The first-order valence-corrected chi connectivity index (χ1v) is 12.7. The average molecular weight is 488 g/mol. The molecule has 36 heavy (non-hydrogen) atoms. The summed E-state index contributed by atoms with van der Waals surface area (Å²) in [5.74, 6) is 1.98. The highest BCUT2D eigenvalue weighted by molar-refractivity contribution is 6.02. The van der Waals surface area contributed by atoms with Crippen molar-refractivity contribution < 1.29 is 19.6 Å². The third kappa shape index (κ3) is 3.97. The van der Waals surface area contributed by atoms with Crippen LogP contribution in [0, 0.1) is 27.4 Å². The zero-order valence-corrected chi connectivity index (χ0v) is 21.1. The number of hydrogen-bond acceptors (Lipinski definition) is 5. The van der Waals surface area contributed by atoms with E-state index >= 15 is 0 Å². The number of carbonyl (C=O) groups is 1. The van der Waals surface area contributed by atoms with Gasteiger partial charge in [0.25, 0.3) is 5.69 Å². The smallest absolute Gasteiger partial charge is 0.269 e. The lowest BCUT2D eigenvalue weighted by atomic mass is 9.53. The van der Waals surface area contributed by atoms with Crippen LogP contribution in [0.1, 0.15) is 62.1 Å². The number of allylic oxidation sites excluding steroid dienone is 1. The van der Waals surface area contributed by atoms with E-state index in [-0.39, 0.29) is 16.9 Å². The molecule has 5 atom stereocenters. The van der Waals surface area contributed by atoms with Crippen LogP contribution >= 0.6 is 0 Å². The Bertz CT molecular complexity index is 1260.